The Labute approximate surface area is 102 Å². The van der Waals surface area contributed by atoms with Crippen LogP contribution in [0.2, 0.25) is 0 Å². The summed E-state index contributed by atoms with van der Waals surface area (Å²) in [6, 6.07) is 0.109. The molecule has 5 heteroatoms. The van der Waals surface area contributed by atoms with Gasteiger partial charge in [-0.3, -0.25) is 4.79 Å². The lowest BCUT2D eigenvalue weighted by molar-refractivity contribution is -0.137. The Morgan fingerprint density at radius 2 is 2.06 bits per heavy atom. The lowest BCUT2D eigenvalue weighted by Gasteiger charge is -2.30. The second kappa shape index (κ2) is 5.38. The number of amides is 2. The Morgan fingerprint density at radius 1 is 1.47 bits per heavy atom. The van der Waals surface area contributed by atoms with E-state index in [0.717, 1.165) is 0 Å². The molecule has 0 heterocycles. The number of hydrogen-bond acceptors (Lipinski definition) is 2. The first kappa shape index (κ1) is 13.8. The average molecular weight is 242 g/mol. The van der Waals surface area contributed by atoms with Crippen LogP contribution in [-0.2, 0) is 4.79 Å². The molecule has 0 aromatic heterocycles. The number of hydrogen-bond donors (Lipinski definition) is 2. The van der Waals surface area contributed by atoms with Crippen LogP contribution in [0.1, 0.15) is 39.5 Å². The van der Waals surface area contributed by atoms with Gasteiger partial charge in [0, 0.05) is 26.1 Å². The topological polar surface area (TPSA) is 69.6 Å². The van der Waals surface area contributed by atoms with E-state index in [1.54, 1.807) is 11.9 Å². The van der Waals surface area contributed by atoms with Crippen LogP contribution in [0.5, 0.6) is 0 Å². The SMILES string of the molecule is CC(N(C)C(=O)NCCCC(=O)O)C1(C)CC1. The molecular weight excluding hydrogens is 220 g/mol. The van der Waals surface area contributed by atoms with Crippen LogP contribution in [0.25, 0.3) is 0 Å². The quantitative estimate of drug-likeness (QED) is 0.696. The lowest BCUT2D eigenvalue weighted by atomic mass is 10.00. The van der Waals surface area contributed by atoms with Gasteiger partial charge in [-0.1, -0.05) is 6.92 Å². The molecule has 1 atom stereocenters. The highest BCUT2D eigenvalue weighted by molar-refractivity contribution is 5.74. The highest BCUT2D eigenvalue weighted by atomic mass is 16.4. The molecule has 0 radical (unpaired) electrons. The molecule has 2 N–H and O–H groups in total. The van der Waals surface area contributed by atoms with E-state index in [1.165, 1.54) is 12.8 Å². The molecule has 0 aliphatic heterocycles. The molecule has 0 spiro atoms. The molecule has 98 valence electrons. The zero-order valence-electron chi connectivity index (χ0n) is 10.8. The van der Waals surface area contributed by atoms with Crippen molar-refractivity contribution in [3.8, 4) is 0 Å². The standard InChI is InChI=1S/C12H22N2O3/c1-9(12(2)6-7-12)14(3)11(17)13-8-4-5-10(15)16/h9H,4-8H2,1-3H3,(H,13,17)(H,15,16). The Morgan fingerprint density at radius 3 is 2.53 bits per heavy atom. The maximum atomic E-state index is 11.8. The molecule has 2 amide bonds. The van der Waals surface area contributed by atoms with Crippen molar-refractivity contribution in [1.29, 1.82) is 0 Å². The molecule has 5 nitrogen and oxygen atoms in total. The summed E-state index contributed by atoms with van der Waals surface area (Å²) >= 11 is 0. The average Bonchev–Trinajstić information content (AvgIpc) is 3.01. The predicted octanol–water partition coefficient (Wildman–Crippen LogP) is 1.68. The molecule has 0 aromatic carbocycles. The number of urea groups is 1. The minimum atomic E-state index is -0.827. The van der Waals surface area contributed by atoms with Gasteiger partial charge in [0.1, 0.15) is 0 Å². The Balaban J connectivity index is 2.25. The molecule has 1 aliphatic carbocycles. The van der Waals surface area contributed by atoms with Crippen molar-refractivity contribution in [2.24, 2.45) is 5.41 Å². The number of aliphatic carboxylic acids is 1. The van der Waals surface area contributed by atoms with Gasteiger partial charge in [-0.15, -0.1) is 0 Å². The van der Waals surface area contributed by atoms with Crippen LogP contribution in [0.3, 0.4) is 0 Å². The normalized spacial score (nSPS) is 18.3. The fourth-order valence-corrected chi connectivity index (χ4v) is 1.82. The van der Waals surface area contributed by atoms with Crippen molar-refractivity contribution in [3.05, 3.63) is 0 Å². The third kappa shape index (κ3) is 3.91. The molecule has 1 saturated carbocycles. The smallest absolute Gasteiger partial charge is 0.317 e. The van der Waals surface area contributed by atoms with Crippen LogP contribution >= 0.6 is 0 Å². The van der Waals surface area contributed by atoms with Gasteiger partial charge < -0.3 is 15.3 Å². The van der Waals surface area contributed by atoms with Gasteiger partial charge in [-0.25, -0.2) is 4.79 Å². The fraction of sp³-hybridized carbons (Fsp3) is 0.833. The van der Waals surface area contributed by atoms with E-state index in [9.17, 15) is 9.59 Å². The van der Waals surface area contributed by atoms with Crippen LogP contribution in [-0.4, -0.2) is 41.6 Å². The van der Waals surface area contributed by atoms with Gasteiger partial charge in [0.2, 0.25) is 0 Å². The van der Waals surface area contributed by atoms with E-state index in [1.807, 2.05) is 0 Å². The highest BCUT2D eigenvalue weighted by Gasteiger charge is 2.45. The maximum absolute atomic E-state index is 11.8. The second-order valence-electron chi connectivity index (χ2n) is 5.17. The van der Waals surface area contributed by atoms with Crippen molar-refractivity contribution in [1.82, 2.24) is 10.2 Å². The van der Waals surface area contributed by atoms with E-state index < -0.39 is 5.97 Å². The van der Waals surface area contributed by atoms with E-state index in [0.29, 0.717) is 13.0 Å². The molecule has 0 bridgehead atoms. The summed E-state index contributed by atoms with van der Waals surface area (Å²) in [7, 11) is 1.79. The third-order valence-corrected chi connectivity index (χ3v) is 3.79. The van der Waals surface area contributed by atoms with Crippen LogP contribution in [0.4, 0.5) is 4.79 Å². The first-order valence-corrected chi connectivity index (χ1v) is 6.09. The Bertz CT molecular complexity index is 300. The molecule has 17 heavy (non-hydrogen) atoms. The summed E-state index contributed by atoms with van der Waals surface area (Å²) in [5, 5.41) is 11.2. The molecule has 1 fully saturated rings. The largest absolute Gasteiger partial charge is 0.481 e. The second-order valence-corrected chi connectivity index (χ2v) is 5.17. The van der Waals surface area contributed by atoms with Gasteiger partial charge in [0.05, 0.1) is 0 Å². The van der Waals surface area contributed by atoms with Crippen LogP contribution < -0.4 is 5.32 Å². The monoisotopic (exact) mass is 242 g/mol. The van der Waals surface area contributed by atoms with Gasteiger partial charge >= 0.3 is 12.0 Å². The first-order chi connectivity index (χ1) is 7.87. The van der Waals surface area contributed by atoms with Gasteiger partial charge in [-0.05, 0) is 31.6 Å². The maximum Gasteiger partial charge on any atom is 0.317 e. The molecule has 0 saturated heterocycles. The fourth-order valence-electron chi connectivity index (χ4n) is 1.82. The van der Waals surface area contributed by atoms with Gasteiger partial charge in [-0.2, -0.15) is 0 Å². The van der Waals surface area contributed by atoms with Gasteiger partial charge in [0.25, 0.3) is 0 Å². The van der Waals surface area contributed by atoms with Crippen molar-refractivity contribution in [3.63, 3.8) is 0 Å². The van der Waals surface area contributed by atoms with E-state index >= 15 is 0 Å². The van der Waals surface area contributed by atoms with Crippen molar-refractivity contribution in [2.75, 3.05) is 13.6 Å². The molecule has 1 rings (SSSR count). The number of carbonyl (C=O) groups excluding carboxylic acids is 1. The Kier molecular flexibility index (Phi) is 4.37. The minimum Gasteiger partial charge on any atom is -0.481 e. The Hall–Kier alpha value is -1.26. The number of carboxylic acid groups (broad SMARTS) is 1. The van der Waals surface area contributed by atoms with Gasteiger partial charge in [0.15, 0.2) is 0 Å². The number of carbonyl (C=O) groups is 2. The number of carboxylic acids is 1. The summed E-state index contributed by atoms with van der Waals surface area (Å²) in [5.41, 5.74) is 0.271. The summed E-state index contributed by atoms with van der Waals surface area (Å²) < 4.78 is 0. The summed E-state index contributed by atoms with van der Waals surface area (Å²) in [5.74, 6) is -0.827. The zero-order chi connectivity index (χ0) is 13.1. The predicted molar refractivity (Wildman–Crippen MR) is 64.8 cm³/mol. The molecule has 1 aliphatic rings. The first-order valence-electron chi connectivity index (χ1n) is 6.09. The van der Waals surface area contributed by atoms with E-state index in [-0.39, 0.29) is 23.9 Å². The van der Waals surface area contributed by atoms with Crippen molar-refractivity contribution >= 4 is 12.0 Å². The third-order valence-electron chi connectivity index (χ3n) is 3.79. The molecule has 1 unspecified atom stereocenters. The molecular formula is C12H22N2O3. The van der Waals surface area contributed by atoms with Crippen molar-refractivity contribution in [2.45, 2.75) is 45.6 Å². The lowest BCUT2D eigenvalue weighted by Crippen LogP contribution is -2.45. The van der Waals surface area contributed by atoms with Crippen molar-refractivity contribution < 1.29 is 14.7 Å². The summed E-state index contributed by atoms with van der Waals surface area (Å²) in [4.78, 5) is 23.8. The zero-order valence-corrected chi connectivity index (χ0v) is 10.8. The van der Waals surface area contributed by atoms with E-state index in [4.69, 9.17) is 5.11 Å². The van der Waals surface area contributed by atoms with E-state index in [2.05, 4.69) is 19.2 Å². The summed E-state index contributed by atoms with van der Waals surface area (Å²) in [6.07, 6.45) is 2.91. The van der Waals surface area contributed by atoms with Crippen LogP contribution in [0, 0.1) is 5.41 Å². The number of rotatable bonds is 6. The molecule has 0 aromatic rings. The van der Waals surface area contributed by atoms with Crippen LogP contribution in [0.15, 0.2) is 0 Å². The summed E-state index contributed by atoms with van der Waals surface area (Å²) in [6.45, 7) is 4.66. The number of nitrogens with zero attached hydrogens (tertiary/aromatic N) is 1. The number of nitrogens with one attached hydrogen (secondary N) is 1. The minimum absolute atomic E-state index is 0.0945. The highest BCUT2D eigenvalue weighted by Crippen LogP contribution is 2.49.